The second-order valence-corrected chi connectivity index (χ2v) is 6.60. The molecule has 2 rings (SSSR count). The second kappa shape index (κ2) is 4.25. The maximum Gasteiger partial charge on any atom is 0.177 e. The molecule has 17 heavy (non-hydrogen) atoms. The fourth-order valence-electron chi connectivity index (χ4n) is 2.55. The molecule has 0 spiro atoms. The van der Waals surface area contributed by atoms with Crippen LogP contribution in [0.5, 0.6) is 0 Å². The van der Waals surface area contributed by atoms with Gasteiger partial charge in [0.15, 0.2) is 4.77 Å². The van der Waals surface area contributed by atoms with Crippen LogP contribution in [0.2, 0.25) is 0 Å². The summed E-state index contributed by atoms with van der Waals surface area (Å²) in [6, 6.07) is 0. The lowest BCUT2D eigenvalue weighted by atomic mass is 9.88. The van der Waals surface area contributed by atoms with Crippen LogP contribution in [0.3, 0.4) is 0 Å². The molecule has 1 aliphatic heterocycles. The first-order valence-electron chi connectivity index (χ1n) is 6.24. The number of imidazole rings is 1. The third kappa shape index (κ3) is 2.33. The molecule has 0 saturated carbocycles. The first kappa shape index (κ1) is 12.8. The van der Waals surface area contributed by atoms with Crippen LogP contribution in [0, 0.1) is 4.77 Å². The van der Waals surface area contributed by atoms with Gasteiger partial charge in [-0.2, -0.15) is 0 Å². The molecule has 0 radical (unpaired) electrons. The molecule has 1 saturated heterocycles. The molecule has 1 unspecified atom stereocenters. The van der Waals surface area contributed by atoms with Crippen molar-refractivity contribution in [1.82, 2.24) is 9.55 Å². The van der Waals surface area contributed by atoms with Crippen molar-refractivity contribution >= 4 is 12.2 Å². The highest BCUT2D eigenvalue weighted by molar-refractivity contribution is 7.71. The topological polar surface area (TPSA) is 29.9 Å². The third-order valence-corrected chi connectivity index (χ3v) is 3.80. The zero-order valence-electron chi connectivity index (χ0n) is 11.2. The van der Waals surface area contributed by atoms with Crippen molar-refractivity contribution in [3.8, 4) is 0 Å². The summed E-state index contributed by atoms with van der Waals surface area (Å²) in [6.07, 6.45) is 4.28. The smallest absolute Gasteiger partial charge is 0.177 e. The van der Waals surface area contributed by atoms with Gasteiger partial charge in [0.25, 0.3) is 0 Å². The summed E-state index contributed by atoms with van der Waals surface area (Å²) in [5.74, 6) is 0. The van der Waals surface area contributed by atoms with Crippen molar-refractivity contribution in [2.45, 2.75) is 51.5 Å². The Labute approximate surface area is 108 Å². The van der Waals surface area contributed by atoms with E-state index in [-0.39, 0.29) is 11.0 Å². The first-order chi connectivity index (χ1) is 7.84. The van der Waals surface area contributed by atoms with Crippen LogP contribution < -0.4 is 0 Å². The van der Waals surface area contributed by atoms with E-state index in [4.69, 9.17) is 17.0 Å². The normalized spacial score (nSPS) is 26.1. The van der Waals surface area contributed by atoms with E-state index in [0.717, 1.165) is 30.8 Å². The quantitative estimate of drug-likeness (QED) is 0.779. The molecule has 1 fully saturated rings. The molecule has 1 N–H and O–H groups in total. The minimum absolute atomic E-state index is 0.00204. The van der Waals surface area contributed by atoms with Gasteiger partial charge in [-0.3, -0.25) is 0 Å². The number of H-pyrrole nitrogens is 1. The Morgan fingerprint density at radius 1 is 1.47 bits per heavy atom. The summed E-state index contributed by atoms with van der Waals surface area (Å²) in [5.41, 5.74) is 1.35. The number of nitrogens with one attached hydrogen (secondary N) is 1. The van der Waals surface area contributed by atoms with Crippen molar-refractivity contribution in [1.29, 1.82) is 0 Å². The molecular weight excluding hydrogens is 232 g/mol. The number of hydrogen-bond acceptors (Lipinski definition) is 2. The first-order valence-corrected chi connectivity index (χ1v) is 6.65. The van der Waals surface area contributed by atoms with Crippen molar-refractivity contribution in [3.05, 3.63) is 16.7 Å². The SMILES string of the molecule is CC(C)(C)c1c[nH]c(=S)n1C1(C)CCCOC1. The number of ether oxygens (including phenoxy) is 1. The van der Waals surface area contributed by atoms with Crippen molar-refractivity contribution in [2.75, 3.05) is 13.2 Å². The van der Waals surface area contributed by atoms with Gasteiger partial charge in [0.2, 0.25) is 0 Å². The maximum atomic E-state index is 5.65. The van der Waals surface area contributed by atoms with Crippen LogP contribution in [-0.4, -0.2) is 22.8 Å². The van der Waals surface area contributed by atoms with Crippen LogP contribution in [-0.2, 0) is 15.7 Å². The van der Waals surface area contributed by atoms with Crippen LogP contribution >= 0.6 is 12.2 Å². The zero-order chi connectivity index (χ0) is 12.7. The lowest BCUT2D eigenvalue weighted by molar-refractivity contribution is 0.00658. The number of rotatable bonds is 1. The zero-order valence-corrected chi connectivity index (χ0v) is 12.0. The van der Waals surface area contributed by atoms with Gasteiger partial charge >= 0.3 is 0 Å². The van der Waals surface area contributed by atoms with Crippen LogP contribution in [0.15, 0.2) is 6.20 Å². The van der Waals surface area contributed by atoms with Crippen LogP contribution in [0.1, 0.15) is 46.2 Å². The molecule has 1 aromatic rings. The fourth-order valence-corrected chi connectivity index (χ4v) is 2.93. The summed E-state index contributed by atoms with van der Waals surface area (Å²) >= 11 is 5.45. The second-order valence-electron chi connectivity index (χ2n) is 6.22. The van der Waals surface area contributed by atoms with E-state index in [2.05, 4.69) is 37.2 Å². The Balaban J connectivity index is 2.50. The van der Waals surface area contributed by atoms with E-state index in [1.165, 1.54) is 5.69 Å². The highest BCUT2D eigenvalue weighted by atomic mass is 32.1. The van der Waals surface area contributed by atoms with Crippen molar-refractivity contribution in [2.24, 2.45) is 0 Å². The number of nitrogens with zero attached hydrogens (tertiary/aromatic N) is 1. The average Bonchev–Trinajstić information content (AvgIpc) is 2.61. The standard InChI is InChI=1S/C13H22N2OS/c1-12(2,3)10-8-14-11(17)15(10)13(4)6-5-7-16-9-13/h8H,5-7,9H2,1-4H3,(H,14,17). The Kier molecular flexibility index (Phi) is 3.21. The molecule has 96 valence electrons. The molecule has 1 aromatic heterocycles. The van der Waals surface area contributed by atoms with Gasteiger partial charge in [-0.05, 0) is 32.0 Å². The van der Waals surface area contributed by atoms with Gasteiger partial charge in [0.1, 0.15) is 0 Å². The van der Waals surface area contributed by atoms with Gasteiger partial charge in [0, 0.05) is 23.9 Å². The highest BCUT2D eigenvalue weighted by Gasteiger charge is 2.34. The lowest BCUT2D eigenvalue weighted by Crippen LogP contribution is -2.41. The van der Waals surface area contributed by atoms with E-state index >= 15 is 0 Å². The molecule has 4 heteroatoms. The average molecular weight is 254 g/mol. The van der Waals surface area contributed by atoms with E-state index in [1.54, 1.807) is 0 Å². The largest absolute Gasteiger partial charge is 0.379 e. The molecule has 1 aliphatic rings. The summed E-state index contributed by atoms with van der Waals surface area (Å²) in [5, 5.41) is 0. The molecule has 3 nitrogen and oxygen atoms in total. The molecule has 0 bridgehead atoms. The highest BCUT2D eigenvalue weighted by Crippen LogP contribution is 2.33. The number of hydrogen-bond donors (Lipinski definition) is 1. The van der Waals surface area contributed by atoms with E-state index in [9.17, 15) is 0 Å². The van der Waals surface area contributed by atoms with Crippen molar-refractivity contribution in [3.63, 3.8) is 0 Å². The Hall–Kier alpha value is -0.610. The Bertz CT molecular complexity index is 447. The van der Waals surface area contributed by atoms with Gasteiger partial charge < -0.3 is 14.3 Å². The molecule has 0 amide bonds. The molecule has 2 heterocycles. The predicted molar refractivity (Wildman–Crippen MR) is 72.0 cm³/mol. The van der Waals surface area contributed by atoms with Gasteiger partial charge in [-0.15, -0.1) is 0 Å². The Morgan fingerprint density at radius 2 is 2.18 bits per heavy atom. The van der Waals surface area contributed by atoms with E-state index in [0.29, 0.717) is 0 Å². The summed E-state index contributed by atoms with van der Waals surface area (Å²) in [7, 11) is 0. The minimum atomic E-state index is -0.00204. The van der Waals surface area contributed by atoms with Gasteiger partial charge in [-0.1, -0.05) is 20.8 Å². The fraction of sp³-hybridized carbons (Fsp3) is 0.769. The summed E-state index contributed by atoms with van der Waals surface area (Å²) in [6.45, 7) is 10.5. The molecule has 1 atom stereocenters. The molecular formula is C13H22N2OS. The molecule has 0 aromatic carbocycles. The van der Waals surface area contributed by atoms with Crippen molar-refractivity contribution < 1.29 is 4.74 Å². The van der Waals surface area contributed by atoms with Gasteiger partial charge in [-0.25, -0.2) is 0 Å². The number of aromatic amines is 1. The van der Waals surface area contributed by atoms with Crippen LogP contribution in [0.25, 0.3) is 0 Å². The molecule has 0 aliphatic carbocycles. The third-order valence-electron chi connectivity index (χ3n) is 3.50. The summed E-state index contributed by atoms with van der Waals surface area (Å²) < 4.78 is 8.72. The van der Waals surface area contributed by atoms with E-state index < -0.39 is 0 Å². The minimum Gasteiger partial charge on any atom is -0.379 e. The maximum absolute atomic E-state index is 5.65. The monoisotopic (exact) mass is 254 g/mol. The van der Waals surface area contributed by atoms with E-state index in [1.807, 2.05) is 6.20 Å². The lowest BCUT2D eigenvalue weighted by Gasteiger charge is -2.38. The van der Waals surface area contributed by atoms with Crippen LogP contribution in [0.4, 0.5) is 0 Å². The Morgan fingerprint density at radius 3 is 2.71 bits per heavy atom. The number of aromatic nitrogens is 2. The summed E-state index contributed by atoms with van der Waals surface area (Å²) in [4.78, 5) is 3.19. The van der Waals surface area contributed by atoms with Gasteiger partial charge in [0.05, 0.1) is 12.1 Å². The predicted octanol–water partition coefficient (Wildman–Crippen LogP) is 3.37.